The smallest absolute Gasteiger partial charge is 0.253 e. The van der Waals surface area contributed by atoms with Gasteiger partial charge in [-0.25, -0.2) is 4.39 Å². The molecule has 0 fully saturated rings. The molecule has 0 atom stereocenters. The third-order valence-electron chi connectivity index (χ3n) is 3.00. The summed E-state index contributed by atoms with van der Waals surface area (Å²) < 4.78 is 13.7. The summed E-state index contributed by atoms with van der Waals surface area (Å²) >= 11 is 11.7. The number of carbonyl (C=O) groups is 1. The maximum atomic E-state index is 13.7. The van der Waals surface area contributed by atoms with Crippen LogP contribution in [0.2, 0.25) is 10.0 Å². The summed E-state index contributed by atoms with van der Waals surface area (Å²) in [6.07, 6.45) is 0. The second kappa shape index (κ2) is 6.33. The van der Waals surface area contributed by atoms with Gasteiger partial charge in [0.1, 0.15) is 11.6 Å². The zero-order valence-corrected chi connectivity index (χ0v) is 12.6. The highest BCUT2D eigenvalue weighted by molar-refractivity contribution is 6.32. The Labute approximate surface area is 131 Å². The fraction of sp³-hybridized carbons (Fsp3) is 0.133. The second-order valence-electron chi connectivity index (χ2n) is 4.53. The molecule has 0 radical (unpaired) electrons. The number of amides is 1. The first-order valence-electron chi connectivity index (χ1n) is 6.07. The standard InChI is InChI=1S/C15H12Cl2FNO2/c1-19(8-10-11(16)3-2-4-13(10)18)15(21)9-5-6-14(20)12(17)7-9/h2-7,20H,8H2,1H3. The van der Waals surface area contributed by atoms with Gasteiger partial charge < -0.3 is 10.0 Å². The van der Waals surface area contributed by atoms with Crippen molar-refractivity contribution in [2.45, 2.75) is 6.54 Å². The summed E-state index contributed by atoms with van der Waals surface area (Å²) in [6, 6.07) is 8.50. The molecule has 2 aromatic rings. The molecule has 0 aliphatic heterocycles. The van der Waals surface area contributed by atoms with E-state index in [0.29, 0.717) is 5.56 Å². The predicted molar refractivity (Wildman–Crippen MR) is 80.3 cm³/mol. The highest BCUT2D eigenvalue weighted by Crippen LogP contribution is 2.25. The molecular formula is C15H12Cl2FNO2. The first-order valence-corrected chi connectivity index (χ1v) is 6.82. The Kier molecular flexibility index (Phi) is 4.70. The topological polar surface area (TPSA) is 40.5 Å². The van der Waals surface area contributed by atoms with Crippen molar-refractivity contribution >= 4 is 29.1 Å². The minimum absolute atomic E-state index is 0.0306. The summed E-state index contributed by atoms with van der Waals surface area (Å²) in [7, 11) is 1.53. The highest BCUT2D eigenvalue weighted by Gasteiger charge is 2.16. The zero-order valence-electron chi connectivity index (χ0n) is 11.1. The van der Waals surface area contributed by atoms with E-state index in [4.69, 9.17) is 23.2 Å². The van der Waals surface area contributed by atoms with E-state index in [1.165, 1.54) is 42.3 Å². The third-order valence-corrected chi connectivity index (χ3v) is 3.66. The van der Waals surface area contributed by atoms with Crippen LogP contribution in [0.3, 0.4) is 0 Å². The second-order valence-corrected chi connectivity index (χ2v) is 5.34. The van der Waals surface area contributed by atoms with Gasteiger partial charge in [0, 0.05) is 29.7 Å². The number of rotatable bonds is 3. The molecule has 110 valence electrons. The molecule has 3 nitrogen and oxygen atoms in total. The molecule has 0 aliphatic carbocycles. The molecule has 0 bridgehead atoms. The summed E-state index contributed by atoms with van der Waals surface area (Å²) in [6.45, 7) is 0.0306. The van der Waals surface area contributed by atoms with Crippen LogP contribution in [-0.4, -0.2) is 23.0 Å². The van der Waals surface area contributed by atoms with Gasteiger partial charge in [-0.3, -0.25) is 4.79 Å². The zero-order chi connectivity index (χ0) is 15.6. The Balaban J connectivity index is 2.21. The molecule has 0 aromatic heterocycles. The van der Waals surface area contributed by atoms with E-state index in [0.717, 1.165) is 0 Å². The van der Waals surface area contributed by atoms with Gasteiger partial charge in [-0.1, -0.05) is 29.3 Å². The summed E-state index contributed by atoms with van der Waals surface area (Å²) in [5.41, 5.74) is 0.549. The lowest BCUT2D eigenvalue weighted by Gasteiger charge is -2.18. The molecule has 6 heteroatoms. The molecule has 0 spiro atoms. The van der Waals surface area contributed by atoms with Crippen molar-refractivity contribution in [2.24, 2.45) is 0 Å². The third kappa shape index (κ3) is 3.46. The van der Waals surface area contributed by atoms with E-state index in [1.807, 2.05) is 0 Å². The number of phenols is 1. The number of aromatic hydroxyl groups is 1. The summed E-state index contributed by atoms with van der Waals surface area (Å²) in [5.74, 6) is -0.921. The molecule has 0 saturated carbocycles. The fourth-order valence-electron chi connectivity index (χ4n) is 1.85. The molecule has 0 unspecified atom stereocenters. The van der Waals surface area contributed by atoms with Crippen LogP contribution in [0.4, 0.5) is 4.39 Å². The maximum Gasteiger partial charge on any atom is 0.253 e. The number of nitrogens with zero attached hydrogens (tertiary/aromatic N) is 1. The van der Waals surface area contributed by atoms with Crippen LogP contribution in [-0.2, 0) is 6.54 Å². The van der Waals surface area contributed by atoms with Crippen LogP contribution in [0.5, 0.6) is 5.75 Å². The molecular weight excluding hydrogens is 316 g/mol. The highest BCUT2D eigenvalue weighted by atomic mass is 35.5. The van der Waals surface area contributed by atoms with Crippen molar-refractivity contribution in [2.75, 3.05) is 7.05 Å². The van der Waals surface area contributed by atoms with Gasteiger partial charge in [-0.05, 0) is 30.3 Å². The number of hydrogen-bond donors (Lipinski definition) is 1. The van der Waals surface area contributed by atoms with Gasteiger partial charge in [-0.15, -0.1) is 0 Å². The maximum absolute atomic E-state index is 13.7. The van der Waals surface area contributed by atoms with E-state index in [1.54, 1.807) is 6.07 Å². The molecule has 21 heavy (non-hydrogen) atoms. The van der Waals surface area contributed by atoms with Gasteiger partial charge in [0.25, 0.3) is 5.91 Å². The van der Waals surface area contributed by atoms with Gasteiger partial charge in [0.2, 0.25) is 0 Å². The van der Waals surface area contributed by atoms with E-state index < -0.39 is 5.82 Å². The van der Waals surface area contributed by atoms with Crippen LogP contribution in [0.1, 0.15) is 15.9 Å². The Hall–Kier alpha value is -1.78. The average Bonchev–Trinajstić information content (AvgIpc) is 2.45. The summed E-state index contributed by atoms with van der Waals surface area (Å²) in [5, 5.41) is 9.69. The largest absolute Gasteiger partial charge is 0.506 e. The quantitative estimate of drug-likeness (QED) is 0.921. The molecule has 0 saturated heterocycles. The number of halogens is 3. The van der Waals surface area contributed by atoms with Gasteiger partial charge in [0.15, 0.2) is 0 Å². The van der Waals surface area contributed by atoms with Crippen molar-refractivity contribution in [3.05, 3.63) is 63.4 Å². The molecule has 2 aromatic carbocycles. The average molecular weight is 328 g/mol. The van der Waals surface area contributed by atoms with Crippen molar-refractivity contribution in [1.82, 2.24) is 4.90 Å². The Bertz CT molecular complexity index is 671. The lowest BCUT2D eigenvalue weighted by molar-refractivity contribution is 0.0784. The minimum Gasteiger partial charge on any atom is -0.506 e. The number of carbonyl (C=O) groups excluding carboxylic acids is 1. The van der Waals surface area contributed by atoms with E-state index in [2.05, 4.69) is 0 Å². The van der Waals surface area contributed by atoms with Crippen molar-refractivity contribution in [3.8, 4) is 5.75 Å². The van der Waals surface area contributed by atoms with Crippen LogP contribution in [0.15, 0.2) is 36.4 Å². The van der Waals surface area contributed by atoms with Crippen LogP contribution in [0.25, 0.3) is 0 Å². The molecule has 0 aliphatic rings. The first-order chi connectivity index (χ1) is 9.90. The molecule has 2 rings (SSSR count). The van der Waals surface area contributed by atoms with Crippen LogP contribution >= 0.6 is 23.2 Å². The molecule has 1 amide bonds. The van der Waals surface area contributed by atoms with Gasteiger partial charge in [0.05, 0.1) is 5.02 Å². The monoisotopic (exact) mass is 327 g/mol. The first kappa shape index (κ1) is 15.6. The number of benzene rings is 2. The van der Waals surface area contributed by atoms with E-state index in [-0.39, 0.29) is 33.8 Å². The number of phenolic OH excluding ortho intramolecular Hbond substituents is 1. The van der Waals surface area contributed by atoms with Crippen molar-refractivity contribution < 1.29 is 14.3 Å². The van der Waals surface area contributed by atoms with E-state index in [9.17, 15) is 14.3 Å². The number of hydrogen-bond acceptors (Lipinski definition) is 2. The van der Waals surface area contributed by atoms with Gasteiger partial charge >= 0.3 is 0 Å². The normalized spacial score (nSPS) is 10.5. The predicted octanol–water partition coefficient (Wildman–Crippen LogP) is 4.11. The lowest BCUT2D eigenvalue weighted by atomic mass is 10.1. The summed E-state index contributed by atoms with van der Waals surface area (Å²) in [4.78, 5) is 13.6. The van der Waals surface area contributed by atoms with E-state index >= 15 is 0 Å². The van der Waals surface area contributed by atoms with Crippen LogP contribution in [0, 0.1) is 5.82 Å². The SMILES string of the molecule is CN(Cc1c(F)cccc1Cl)C(=O)c1ccc(O)c(Cl)c1. The Morgan fingerprint density at radius 3 is 2.57 bits per heavy atom. The minimum atomic E-state index is -0.467. The van der Waals surface area contributed by atoms with Crippen molar-refractivity contribution in [1.29, 1.82) is 0 Å². The van der Waals surface area contributed by atoms with Gasteiger partial charge in [-0.2, -0.15) is 0 Å². The fourth-order valence-corrected chi connectivity index (χ4v) is 2.26. The Morgan fingerprint density at radius 2 is 1.95 bits per heavy atom. The molecule has 0 heterocycles. The molecule has 1 N–H and O–H groups in total. The Morgan fingerprint density at radius 1 is 1.24 bits per heavy atom. The van der Waals surface area contributed by atoms with Crippen LogP contribution < -0.4 is 0 Å². The van der Waals surface area contributed by atoms with Crippen molar-refractivity contribution in [3.63, 3.8) is 0 Å². The lowest BCUT2D eigenvalue weighted by Crippen LogP contribution is -2.26.